The van der Waals surface area contributed by atoms with Crippen molar-refractivity contribution in [1.29, 1.82) is 0 Å². The summed E-state index contributed by atoms with van der Waals surface area (Å²) in [6, 6.07) is 5.30. The Morgan fingerprint density at radius 1 is 1.25 bits per heavy atom. The van der Waals surface area contributed by atoms with Crippen molar-refractivity contribution in [3.8, 4) is 0 Å². The van der Waals surface area contributed by atoms with Crippen molar-refractivity contribution in [3.05, 3.63) is 37.2 Å². The average Bonchev–Trinajstić information content (AvgIpc) is 2.05. The molecule has 0 aromatic carbocycles. The van der Waals surface area contributed by atoms with Gasteiger partial charge in [0.1, 0.15) is 0 Å². The van der Waals surface area contributed by atoms with Crippen LogP contribution >= 0.6 is 0 Å². The molecule has 0 fully saturated rings. The molecule has 0 aliphatic rings. The van der Waals surface area contributed by atoms with Crippen molar-refractivity contribution in [2.24, 2.45) is 0 Å². The smallest absolute Gasteiger partial charge is 0.401 e. The molecule has 0 saturated heterocycles. The van der Waals surface area contributed by atoms with Gasteiger partial charge in [-0.3, -0.25) is 0 Å². The van der Waals surface area contributed by atoms with E-state index in [1.54, 1.807) is 24.5 Å². The summed E-state index contributed by atoms with van der Waals surface area (Å²) in [5.74, 6) is -1.01. The van der Waals surface area contributed by atoms with Crippen LogP contribution < -0.4 is 17.0 Å². The highest BCUT2D eigenvalue weighted by Crippen LogP contribution is 1.87. The van der Waals surface area contributed by atoms with Gasteiger partial charge in [-0.2, -0.15) is 4.57 Å². The lowest BCUT2D eigenvalue weighted by atomic mass is 10.4. The molecule has 64 valence electrons. The van der Waals surface area contributed by atoms with E-state index in [0.717, 1.165) is 0 Å². The zero-order valence-corrected chi connectivity index (χ0v) is 7.03. The zero-order valence-electron chi connectivity index (χ0n) is 6.27. The van der Waals surface area contributed by atoms with Crippen LogP contribution in [-0.2, 0) is 4.79 Å². The van der Waals surface area contributed by atoms with Crippen molar-refractivity contribution < 1.29 is 26.9 Å². The Hall–Kier alpha value is -1.35. The van der Waals surface area contributed by atoms with Gasteiger partial charge >= 0.3 is 5.97 Å². The van der Waals surface area contributed by atoms with Crippen LogP contribution in [-0.4, -0.2) is 11.1 Å². The molecular formula is C8H8ClNO2. The third-order valence-corrected chi connectivity index (χ3v) is 1.27. The normalized spacial score (nSPS) is 8.33. The SMILES string of the molecule is C=C(C(=O)O)[n+]1ccccc1.[Cl-]. The first-order chi connectivity index (χ1) is 5.22. The quantitative estimate of drug-likeness (QED) is 0.410. The summed E-state index contributed by atoms with van der Waals surface area (Å²) in [6.45, 7) is 3.39. The van der Waals surface area contributed by atoms with Crippen LogP contribution in [0.1, 0.15) is 0 Å². The topological polar surface area (TPSA) is 41.2 Å². The van der Waals surface area contributed by atoms with Crippen molar-refractivity contribution in [3.63, 3.8) is 0 Å². The second kappa shape index (κ2) is 4.51. The largest absolute Gasteiger partial charge is 1.00 e. The zero-order chi connectivity index (χ0) is 8.27. The molecule has 0 unspecified atom stereocenters. The maximum Gasteiger partial charge on any atom is 0.401 e. The van der Waals surface area contributed by atoms with E-state index < -0.39 is 5.97 Å². The van der Waals surface area contributed by atoms with E-state index in [-0.39, 0.29) is 18.1 Å². The highest BCUT2D eigenvalue weighted by atomic mass is 35.5. The predicted octanol–water partition coefficient (Wildman–Crippen LogP) is -2.47. The first kappa shape index (κ1) is 10.7. The maximum absolute atomic E-state index is 10.4. The van der Waals surface area contributed by atoms with Crippen LogP contribution in [0.5, 0.6) is 0 Å². The van der Waals surface area contributed by atoms with Gasteiger partial charge in [-0.25, -0.2) is 4.79 Å². The molecule has 0 aliphatic carbocycles. The van der Waals surface area contributed by atoms with Crippen molar-refractivity contribution in [2.45, 2.75) is 0 Å². The molecule has 1 aromatic rings. The fraction of sp³-hybridized carbons (Fsp3) is 0. The minimum atomic E-state index is -1.01. The van der Waals surface area contributed by atoms with Gasteiger partial charge in [0.15, 0.2) is 12.4 Å². The molecule has 0 aliphatic heterocycles. The van der Waals surface area contributed by atoms with Crippen molar-refractivity contribution >= 4 is 11.7 Å². The molecule has 1 heterocycles. The van der Waals surface area contributed by atoms with E-state index in [0.29, 0.717) is 0 Å². The first-order valence-electron chi connectivity index (χ1n) is 3.10. The molecule has 12 heavy (non-hydrogen) atoms. The predicted molar refractivity (Wildman–Crippen MR) is 39.6 cm³/mol. The Bertz CT molecular complexity index is 284. The Morgan fingerprint density at radius 2 is 1.75 bits per heavy atom. The summed E-state index contributed by atoms with van der Waals surface area (Å²) in [5, 5.41) is 8.52. The number of aliphatic carboxylic acids is 1. The lowest BCUT2D eigenvalue weighted by Crippen LogP contribution is -3.00. The molecule has 1 N–H and O–H groups in total. The third-order valence-electron chi connectivity index (χ3n) is 1.27. The van der Waals surface area contributed by atoms with Gasteiger partial charge in [0.25, 0.3) is 5.70 Å². The minimum Gasteiger partial charge on any atom is -1.00 e. The maximum atomic E-state index is 10.4. The summed E-state index contributed by atoms with van der Waals surface area (Å²) in [6.07, 6.45) is 3.27. The second-order valence-electron chi connectivity index (χ2n) is 2.03. The van der Waals surface area contributed by atoms with Gasteiger partial charge in [0.05, 0.1) is 0 Å². The molecule has 1 rings (SSSR count). The number of carboxylic acid groups (broad SMARTS) is 1. The minimum absolute atomic E-state index is 0. The van der Waals surface area contributed by atoms with E-state index in [1.807, 2.05) is 6.07 Å². The number of halogens is 1. The number of pyridine rings is 1. The number of aromatic nitrogens is 1. The number of rotatable bonds is 2. The average molecular weight is 186 g/mol. The number of hydrogen-bond donors (Lipinski definition) is 1. The first-order valence-corrected chi connectivity index (χ1v) is 3.10. The van der Waals surface area contributed by atoms with Gasteiger partial charge in [-0.1, -0.05) is 6.07 Å². The molecule has 0 spiro atoms. The highest BCUT2D eigenvalue weighted by Gasteiger charge is 2.13. The van der Waals surface area contributed by atoms with Gasteiger partial charge in [-0.15, -0.1) is 0 Å². The summed E-state index contributed by atoms with van der Waals surface area (Å²) in [4.78, 5) is 10.4. The fourth-order valence-corrected chi connectivity index (χ4v) is 0.689. The van der Waals surface area contributed by atoms with Crippen LogP contribution in [0.3, 0.4) is 0 Å². The molecule has 0 amide bonds. The van der Waals surface area contributed by atoms with Crippen molar-refractivity contribution in [1.82, 2.24) is 0 Å². The van der Waals surface area contributed by atoms with Crippen LogP contribution in [0, 0.1) is 0 Å². The number of carboxylic acids is 1. The summed E-state index contributed by atoms with van der Waals surface area (Å²) in [5.41, 5.74) is 0.0469. The number of carbonyl (C=O) groups is 1. The van der Waals surface area contributed by atoms with E-state index in [2.05, 4.69) is 6.58 Å². The summed E-state index contributed by atoms with van der Waals surface area (Å²) < 4.78 is 1.45. The molecule has 4 heteroatoms. The second-order valence-corrected chi connectivity index (χ2v) is 2.03. The Kier molecular flexibility index (Phi) is 4.00. The Balaban J connectivity index is 0.00000121. The molecule has 0 bridgehead atoms. The molecule has 0 atom stereocenters. The Labute approximate surface area is 76.4 Å². The standard InChI is InChI=1S/C8H7NO2.ClH/c1-7(8(10)11)9-5-3-2-4-6-9;/h2-6H,1H2;1H. The van der Waals surface area contributed by atoms with Crippen molar-refractivity contribution in [2.75, 3.05) is 0 Å². The van der Waals surface area contributed by atoms with Gasteiger partial charge in [0.2, 0.25) is 0 Å². The van der Waals surface area contributed by atoms with Gasteiger partial charge in [-0.05, 0) is 6.58 Å². The molecule has 3 nitrogen and oxygen atoms in total. The van der Waals surface area contributed by atoms with E-state index in [9.17, 15) is 4.79 Å². The van der Waals surface area contributed by atoms with Crippen LogP contribution in [0.25, 0.3) is 5.70 Å². The van der Waals surface area contributed by atoms with Crippen LogP contribution in [0.2, 0.25) is 0 Å². The third kappa shape index (κ3) is 2.36. The molecule has 1 aromatic heterocycles. The van der Waals surface area contributed by atoms with Gasteiger partial charge < -0.3 is 17.5 Å². The summed E-state index contributed by atoms with van der Waals surface area (Å²) >= 11 is 0. The number of nitrogens with zero attached hydrogens (tertiary/aromatic N) is 1. The Morgan fingerprint density at radius 3 is 2.17 bits per heavy atom. The molecular weight excluding hydrogens is 178 g/mol. The molecule has 0 radical (unpaired) electrons. The van der Waals surface area contributed by atoms with Crippen LogP contribution in [0.15, 0.2) is 37.2 Å². The van der Waals surface area contributed by atoms with E-state index in [1.165, 1.54) is 4.57 Å². The fourth-order valence-electron chi connectivity index (χ4n) is 0.689. The van der Waals surface area contributed by atoms with E-state index >= 15 is 0 Å². The van der Waals surface area contributed by atoms with E-state index in [4.69, 9.17) is 5.11 Å². The summed E-state index contributed by atoms with van der Waals surface area (Å²) in [7, 11) is 0. The number of hydrogen-bond acceptors (Lipinski definition) is 1. The van der Waals surface area contributed by atoms with Gasteiger partial charge in [0, 0.05) is 12.1 Å². The lowest BCUT2D eigenvalue weighted by Gasteiger charge is -1.90. The monoisotopic (exact) mass is 185 g/mol. The molecule has 0 saturated carbocycles. The highest BCUT2D eigenvalue weighted by molar-refractivity contribution is 6.03. The lowest BCUT2D eigenvalue weighted by molar-refractivity contribution is -0.578. The van der Waals surface area contributed by atoms with Crippen LogP contribution in [0.4, 0.5) is 0 Å².